The molecule has 0 aliphatic rings. The number of benzene rings is 1. The quantitative estimate of drug-likeness (QED) is 0.631. The van der Waals surface area contributed by atoms with Crippen LogP contribution >= 0.6 is 0 Å². The lowest BCUT2D eigenvalue weighted by Gasteiger charge is -1.99. The standard InChI is InChI=1S/C8H10O2S/c1-10-7-3-5-8(6-4-7)11(2)9/h3-6H,1-2H3/i9+2. The Bertz CT molecular complexity index is 253. The second kappa shape index (κ2) is 3.53. The maximum Gasteiger partial charge on any atom is 0.118 e. The van der Waals surface area contributed by atoms with E-state index in [4.69, 9.17) is 4.74 Å². The molecule has 3 heteroatoms. The minimum absolute atomic E-state index is 0.791. The largest absolute Gasteiger partial charge is 0.497 e. The van der Waals surface area contributed by atoms with E-state index in [1.54, 1.807) is 37.6 Å². The summed E-state index contributed by atoms with van der Waals surface area (Å²) in [6.07, 6.45) is 1.65. The fraction of sp³-hybridized carbons (Fsp3) is 0.250. The van der Waals surface area contributed by atoms with Gasteiger partial charge in [-0.15, -0.1) is 0 Å². The van der Waals surface area contributed by atoms with Gasteiger partial charge in [0.05, 0.1) is 7.11 Å². The van der Waals surface area contributed by atoms with E-state index in [9.17, 15) is 4.21 Å². The fourth-order valence-corrected chi connectivity index (χ4v) is 1.29. The van der Waals surface area contributed by atoms with Gasteiger partial charge in [0, 0.05) is 22.0 Å². The summed E-state index contributed by atoms with van der Waals surface area (Å²) in [4.78, 5) is 0.825. The Kier molecular flexibility index (Phi) is 2.65. The normalized spacial score (nSPS) is 12.5. The van der Waals surface area contributed by atoms with E-state index in [0.717, 1.165) is 10.6 Å². The molecule has 0 aromatic heterocycles. The first-order chi connectivity index (χ1) is 5.24. The van der Waals surface area contributed by atoms with Crippen LogP contribution in [0.2, 0.25) is 0 Å². The zero-order valence-corrected chi connectivity index (χ0v) is 7.35. The lowest BCUT2D eigenvalue weighted by Crippen LogP contribution is -1.87. The molecule has 0 saturated heterocycles. The highest BCUT2D eigenvalue weighted by molar-refractivity contribution is 7.84. The molecule has 60 valence electrons. The molecule has 0 spiro atoms. The molecule has 0 saturated carbocycles. The predicted octanol–water partition coefficient (Wildman–Crippen LogP) is 1.43. The number of hydrogen-bond acceptors (Lipinski definition) is 2. The first kappa shape index (κ1) is 8.27. The Morgan fingerprint density at radius 3 is 2.18 bits per heavy atom. The van der Waals surface area contributed by atoms with Crippen molar-refractivity contribution in [2.24, 2.45) is 0 Å². The van der Waals surface area contributed by atoms with Gasteiger partial charge >= 0.3 is 0 Å². The van der Waals surface area contributed by atoms with Crippen molar-refractivity contribution in [3.05, 3.63) is 24.3 Å². The zero-order chi connectivity index (χ0) is 8.27. The monoisotopic (exact) mass is 172 g/mol. The van der Waals surface area contributed by atoms with Gasteiger partial charge in [-0.05, 0) is 24.3 Å². The van der Waals surface area contributed by atoms with Crippen molar-refractivity contribution < 1.29 is 8.95 Å². The van der Waals surface area contributed by atoms with Gasteiger partial charge in [0.25, 0.3) is 0 Å². The SMILES string of the molecule is COc1ccc(S(C)=[18O])cc1. The molecular formula is C8H10O2S. The maximum absolute atomic E-state index is 10.9. The minimum Gasteiger partial charge on any atom is -0.497 e. The molecule has 0 aliphatic carbocycles. The average Bonchev–Trinajstić information content (AvgIpc) is 2.05. The molecule has 0 amide bonds. The fourth-order valence-electron chi connectivity index (χ4n) is 0.767. The van der Waals surface area contributed by atoms with E-state index >= 15 is 0 Å². The van der Waals surface area contributed by atoms with Crippen LogP contribution in [0.1, 0.15) is 0 Å². The molecular weight excluding hydrogens is 162 g/mol. The van der Waals surface area contributed by atoms with Crippen molar-refractivity contribution in [2.45, 2.75) is 4.90 Å². The molecule has 1 aromatic rings. The van der Waals surface area contributed by atoms with Crippen LogP contribution in [-0.4, -0.2) is 17.6 Å². The molecule has 1 unspecified atom stereocenters. The number of rotatable bonds is 2. The van der Waals surface area contributed by atoms with Crippen LogP contribution in [0.25, 0.3) is 0 Å². The van der Waals surface area contributed by atoms with Gasteiger partial charge in [-0.25, -0.2) is 0 Å². The van der Waals surface area contributed by atoms with E-state index < -0.39 is 10.8 Å². The molecule has 0 aliphatic heterocycles. The van der Waals surface area contributed by atoms with Crippen molar-refractivity contribution in [3.8, 4) is 5.75 Å². The van der Waals surface area contributed by atoms with E-state index in [-0.39, 0.29) is 0 Å². The second-order valence-corrected chi connectivity index (χ2v) is 3.51. The van der Waals surface area contributed by atoms with E-state index in [0.29, 0.717) is 0 Å². The minimum atomic E-state index is -0.895. The van der Waals surface area contributed by atoms with Crippen molar-refractivity contribution in [2.75, 3.05) is 13.4 Å². The summed E-state index contributed by atoms with van der Waals surface area (Å²) < 4.78 is 15.9. The van der Waals surface area contributed by atoms with Crippen LogP contribution in [0.3, 0.4) is 0 Å². The average molecular weight is 172 g/mol. The molecule has 1 rings (SSSR count). The molecule has 1 aromatic carbocycles. The molecule has 0 N–H and O–H groups in total. The summed E-state index contributed by atoms with van der Waals surface area (Å²) in [6.45, 7) is 0. The van der Waals surface area contributed by atoms with Crippen molar-refractivity contribution in [3.63, 3.8) is 0 Å². The van der Waals surface area contributed by atoms with Crippen LogP contribution < -0.4 is 4.74 Å². The summed E-state index contributed by atoms with van der Waals surface area (Å²) >= 11 is 0. The van der Waals surface area contributed by atoms with Gasteiger partial charge in [0.15, 0.2) is 0 Å². The van der Waals surface area contributed by atoms with E-state index in [2.05, 4.69) is 0 Å². The number of hydrogen-bond donors (Lipinski definition) is 0. The van der Waals surface area contributed by atoms with Crippen LogP contribution in [0.15, 0.2) is 29.2 Å². The van der Waals surface area contributed by atoms with Crippen molar-refractivity contribution in [1.82, 2.24) is 0 Å². The summed E-state index contributed by atoms with van der Waals surface area (Å²) in [6, 6.07) is 7.21. The summed E-state index contributed by atoms with van der Waals surface area (Å²) in [5.41, 5.74) is 0. The van der Waals surface area contributed by atoms with Crippen LogP contribution in [0.4, 0.5) is 0 Å². The third kappa shape index (κ3) is 2.05. The first-order valence-electron chi connectivity index (χ1n) is 3.21. The Balaban J connectivity index is 2.91. The second-order valence-electron chi connectivity index (χ2n) is 2.13. The molecule has 0 bridgehead atoms. The Morgan fingerprint density at radius 1 is 1.27 bits per heavy atom. The lowest BCUT2D eigenvalue weighted by atomic mass is 10.3. The molecule has 1 atom stereocenters. The molecule has 2 nitrogen and oxygen atoms in total. The molecule has 0 heterocycles. The molecule has 0 radical (unpaired) electrons. The Morgan fingerprint density at radius 2 is 1.82 bits per heavy atom. The molecule has 0 fully saturated rings. The number of methoxy groups -OCH3 is 1. The van der Waals surface area contributed by atoms with Crippen molar-refractivity contribution in [1.29, 1.82) is 0 Å². The first-order valence-corrected chi connectivity index (χ1v) is 4.77. The summed E-state index contributed by atoms with van der Waals surface area (Å²) in [5.74, 6) is 0.791. The highest BCUT2D eigenvalue weighted by Crippen LogP contribution is 2.12. The summed E-state index contributed by atoms with van der Waals surface area (Å²) in [7, 11) is 0.714. The smallest absolute Gasteiger partial charge is 0.118 e. The van der Waals surface area contributed by atoms with Gasteiger partial charge in [-0.3, -0.25) is 4.21 Å². The van der Waals surface area contributed by atoms with E-state index in [1.807, 2.05) is 0 Å². The highest BCUT2D eigenvalue weighted by atomic mass is 32.2. The molecule has 11 heavy (non-hydrogen) atoms. The third-order valence-electron chi connectivity index (χ3n) is 1.39. The van der Waals surface area contributed by atoms with Crippen LogP contribution in [0, 0.1) is 0 Å². The Hall–Kier alpha value is -0.830. The van der Waals surface area contributed by atoms with Gasteiger partial charge in [0.2, 0.25) is 0 Å². The van der Waals surface area contributed by atoms with Gasteiger partial charge < -0.3 is 4.74 Å². The van der Waals surface area contributed by atoms with Crippen LogP contribution in [-0.2, 0) is 10.8 Å². The van der Waals surface area contributed by atoms with Crippen LogP contribution in [0.5, 0.6) is 5.75 Å². The summed E-state index contributed by atoms with van der Waals surface area (Å²) in [5, 5.41) is 0. The lowest BCUT2D eigenvalue weighted by molar-refractivity contribution is 0.414. The predicted molar refractivity (Wildman–Crippen MR) is 45.3 cm³/mol. The van der Waals surface area contributed by atoms with Gasteiger partial charge in [-0.1, -0.05) is 0 Å². The maximum atomic E-state index is 10.9. The van der Waals surface area contributed by atoms with Gasteiger partial charge in [0.1, 0.15) is 5.75 Å². The number of ether oxygens (including phenoxy) is 1. The topological polar surface area (TPSA) is 26.3 Å². The van der Waals surface area contributed by atoms with Crippen molar-refractivity contribution >= 4 is 10.8 Å². The highest BCUT2D eigenvalue weighted by Gasteiger charge is 1.95. The third-order valence-corrected chi connectivity index (χ3v) is 2.33. The van der Waals surface area contributed by atoms with E-state index in [1.165, 1.54) is 0 Å². The van der Waals surface area contributed by atoms with Gasteiger partial charge in [-0.2, -0.15) is 0 Å². The Labute approximate surface area is 68.6 Å². The zero-order valence-electron chi connectivity index (χ0n) is 6.53.